The number of nitrogens with one attached hydrogen (secondary N) is 3. The van der Waals surface area contributed by atoms with Crippen molar-refractivity contribution >= 4 is 17.4 Å². The third-order valence-electron chi connectivity index (χ3n) is 7.06. The summed E-state index contributed by atoms with van der Waals surface area (Å²) in [4.78, 5) is 23.9. The van der Waals surface area contributed by atoms with E-state index in [0.29, 0.717) is 31.3 Å². The van der Waals surface area contributed by atoms with Gasteiger partial charge in [0.25, 0.3) is 0 Å². The minimum atomic E-state index is -2.70. The maximum atomic E-state index is 13.3. The van der Waals surface area contributed by atoms with E-state index in [2.05, 4.69) is 20.8 Å². The van der Waals surface area contributed by atoms with E-state index in [0.717, 1.165) is 39.2 Å². The third kappa shape index (κ3) is 4.87. The number of carbonyl (C=O) groups is 1. The summed E-state index contributed by atoms with van der Waals surface area (Å²) in [6, 6.07) is 15.8. The number of halogens is 2. The molecule has 2 aromatic heterocycles. The van der Waals surface area contributed by atoms with E-state index in [-0.39, 0.29) is 18.7 Å². The molecule has 10 heteroatoms. The molecule has 2 aromatic carbocycles. The zero-order chi connectivity index (χ0) is 26.3. The van der Waals surface area contributed by atoms with Gasteiger partial charge in [0, 0.05) is 67.5 Å². The zero-order valence-electron chi connectivity index (χ0n) is 20.8. The van der Waals surface area contributed by atoms with Crippen LogP contribution in [0.2, 0.25) is 0 Å². The Bertz CT molecular complexity index is 1460. The fourth-order valence-electron chi connectivity index (χ4n) is 5.05. The highest BCUT2D eigenvalue weighted by molar-refractivity contribution is 5.81. The van der Waals surface area contributed by atoms with Gasteiger partial charge in [-0.3, -0.25) is 9.89 Å². The van der Waals surface area contributed by atoms with Crippen molar-refractivity contribution < 1.29 is 13.6 Å². The largest absolute Gasteiger partial charge is 0.340 e. The molecule has 38 heavy (non-hydrogen) atoms. The molecule has 0 bridgehead atoms. The first-order valence-electron chi connectivity index (χ1n) is 12.5. The molecule has 0 spiro atoms. The summed E-state index contributed by atoms with van der Waals surface area (Å²) >= 11 is 0. The molecule has 0 radical (unpaired) electrons. The smallest absolute Gasteiger partial charge is 0.249 e. The molecule has 0 unspecified atom stereocenters. The number of aromatic amines is 1. The van der Waals surface area contributed by atoms with E-state index in [4.69, 9.17) is 9.97 Å². The van der Waals surface area contributed by atoms with Crippen molar-refractivity contribution in [2.24, 2.45) is 5.92 Å². The van der Waals surface area contributed by atoms with Crippen molar-refractivity contribution in [3.63, 3.8) is 0 Å². The van der Waals surface area contributed by atoms with Gasteiger partial charge < -0.3 is 15.5 Å². The number of alkyl halides is 2. The van der Waals surface area contributed by atoms with Crippen molar-refractivity contribution in [2.45, 2.75) is 38.4 Å². The van der Waals surface area contributed by atoms with Gasteiger partial charge in [0.05, 0.1) is 11.9 Å². The molecule has 2 aliphatic rings. The summed E-state index contributed by atoms with van der Waals surface area (Å²) in [5.41, 5.74) is 6.65. The molecular formula is C28H27F2N7O. The monoisotopic (exact) mass is 515 g/mol. The van der Waals surface area contributed by atoms with Gasteiger partial charge in [-0.1, -0.05) is 24.3 Å². The Morgan fingerprint density at radius 3 is 2.50 bits per heavy atom. The van der Waals surface area contributed by atoms with Crippen molar-refractivity contribution in [1.29, 1.82) is 0 Å². The summed E-state index contributed by atoms with van der Waals surface area (Å²) < 4.78 is 26.5. The predicted octanol–water partition coefficient (Wildman–Crippen LogP) is 4.88. The predicted molar refractivity (Wildman–Crippen MR) is 139 cm³/mol. The quantitative estimate of drug-likeness (QED) is 0.324. The van der Waals surface area contributed by atoms with Gasteiger partial charge in [-0.15, -0.1) is 0 Å². The van der Waals surface area contributed by atoms with Crippen molar-refractivity contribution in [3.8, 4) is 22.5 Å². The molecule has 6 rings (SSSR count). The summed E-state index contributed by atoms with van der Waals surface area (Å²) in [6.45, 7) is 1.43. The number of rotatable bonds is 7. The molecule has 1 saturated carbocycles. The lowest BCUT2D eigenvalue weighted by Gasteiger charge is -2.36. The van der Waals surface area contributed by atoms with Crippen LogP contribution in [0.15, 0.2) is 60.9 Å². The summed E-state index contributed by atoms with van der Waals surface area (Å²) in [5, 5.41) is 13.3. The number of carbonyl (C=O) groups excluding carboxylic acids is 1. The van der Waals surface area contributed by atoms with Gasteiger partial charge in [0.1, 0.15) is 5.82 Å². The van der Waals surface area contributed by atoms with Gasteiger partial charge in [-0.2, -0.15) is 5.10 Å². The maximum absolute atomic E-state index is 13.3. The van der Waals surface area contributed by atoms with Gasteiger partial charge in [-0.25, -0.2) is 18.7 Å². The standard InChI is InChI=1S/C28H27F2N7O/c1-31-14-24-9-25(34-23-6-4-17(5-7-23)22-12-32-33-13-22)36-26(35-24)18-2-3-19-15-37(16-20(19)8-18)27(38)21-10-28(29,30)11-21/h2-9,12-13,21,31H,10-11,14-16H2,1H3,(H,32,33)(H,34,35,36). The van der Waals surface area contributed by atoms with Crippen LogP contribution in [0.1, 0.15) is 29.7 Å². The summed E-state index contributed by atoms with van der Waals surface area (Å²) in [7, 11) is 1.86. The molecule has 1 aliphatic carbocycles. The second-order valence-corrected chi connectivity index (χ2v) is 9.93. The van der Waals surface area contributed by atoms with Gasteiger partial charge >= 0.3 is 0 Å². The number of benzene rings is 2. The Labute approximate surface area is 218 Å². The number of amides is 1. The Morgan fingerprint density at radius 1 is 1.03 bits per heavy atom. The highest BCUT2D eigenvalue weighted by atomic mass is 19.3. The number of H-pyrrole nitrogens is 1. The average molecular weight is 516 g/mol. The second-order valence-electron chi connectivity index (χ2n) is 9.93. The fraction of sp³-hybridized carbons (Fsp3) is 0.286. The van der Waals surface area contributed by atoms with Crippen LogP contribution in [-0.2, 0) is 24.4 Å². The second kappa shape index (κ2) is 9.60. The molecule has 0 saturated heterocycles. The summed E-state index contributed by atoms with van der Waals surface area (Å²) in [6.07, 6.45) is 2.93. The fourth-order valence-corrected chi connectivity index (χ4v) is 5.05. The SMILES string of the molecule is CNCc1cc(Nc2ccc(-c3cn[nH]c3)cc2)nc(-c2ccc3c(c2)CN(C(=O)C2CC(F)(F)C2)C3)n1. The Kier molecular flexibility index (Phi) is 6.11. The molecule has 1 amide bonds. The van der Waals surface area contributed by atoms with E-state index in [1.54, 1.807) is 11.1 Å². The maximum Gasteiger partial charge on any atom is 0.249 e. The normalized spacial score (nSPS) is 16.2. The summed E-state index contributed by atoms with van der Waals surface area (Å²) in [5.74, 6) is -2.24. The lowest BCUT2D eigenvalue weighted by atomic mass is 9.80. The van der Waals surface area contributed by atoms with E-state index in [9.17, 15) is 13.6 Å². The average Bonchev–Trinajstić information content (AvgIpc) is 3.57. The number of hydrogen-bond acceptors (Lipinski definition) is 6. The topological polar surface area (TPSA) is 98.8 Å². The number of nitrogens with zero attached hydrogens (tertiary/aromatic N) is 4. The molecule has 0 atom stereocenters. The molecule has 4 aromatic rings. The number of hydrogen-bond donors (Lipinski definition) is 3. The van der Waals surface area contributed by atoms with Gasteiger partial charge in [0.2, 0.25) is 11.8 Å². The minimum absolute atomic E-state index is 0.189. The molecule has 3 heterocycles. The first-order valence-corrected chi connectivity index (χ1v) is 12.5. The molecule has 194 valence electrons. The number of anilines is 2. The Morgan fingerprint density at radius 2 is 1.79 bits per heavy atom. The highest BCUT2D eigenvalue weighted by Gasteiger charge is 2.50. The molecule has 1 aliphatic heterocycles. The van der Waals surface area contributed by atoms with Crippen molar-refractivity contribution in [3.05, 3.63) is 77.7 Å². The van der Waals surface area contributed by atoms with Gasteiger partial charge in [0.15, 0.2) is 5.82 Å². The van der Waals surface area contributed by atoms with Crippen LogP contribution in [0.5, 0.6) is 0 Å². The van der Waals surface area contributed by atoms with Crippen LogP contribution in [0.3, 0.4) is 0 Å². The van der Waals surface area contributed by atoms with Crippen LogP contribution in [-0.4, -0.2) is 43.9 Å². The molecule has 1 fully saturated rings. The third-order valence-corrected chi connectivity index (χ3v) is 7.06. The number of fused-ring (bicyclic) bond motifs is 1. The zero-order valence-corrected chi connectivity index (χ0v) is 20.8. The first kappa shape index (κ1) is 24.2. The van der Waals surface area contributed by atoms with E-state index < -0.39 is 11.8 Å². The van der Waals surface area contributed by atoms with E-state index >= 15 is 0 Å². The first-order chi connectivity index (χ1) is 18.4. The van der Waals surface area contributed by atoms with Gasteiger partial charge in [-0.05, 0) is 41.9 Å². The van der Waals surface area contributed by atoms with E-state index in [1.165, 1.54) is 0 Å². The molecule has 3 N–H and O–H groups in total. The van der Waals surface area contributed by atoms with Crippen molar-refractivity contribution in [2.75, 3.05) is 12.4 Å². The van der Waals surface area contributed by atoms with Crippen LogP contribution in [0.25, 0.3) is 22.5 Å². The Hall–Kier alpha value is -4.18. The highest BCUT2D eigenvalue weighted by Crippen LogP contribution is 2.44. The lowest BCUT2D eigenvalue weighted by Crippen LogP contribution is -2.45. The van der Waals surface area contributed by atoms with Crippen LogP contribution < -0.4 is 10.6 Å². The van der Waals surface area contributed by atoms with Crippen LogP contribution in [0.4, 0.5) is 20.3 Å². The van der Waals surface area contributed by atoms with Crippen LogP contribution >= 0.6 is 0 Å². The molecular weight excluding hydrogens is 488 g/mol. The lowest BCUT2D eigenvalue weighted by molar-refractivity contribution is -0.160. The van der Waals surface area contributed by atoms with Crippen LogP contribution in [0, 0.1) is 5.92 Å². The van der Waals surface area contributed by atoms with Crippen molar-refractivity contribution in [1.82, 2.24) is 30.4 Å². The number of aromatic nitrogens is 4. The Balaban J connectivity index is 1.22. The molecule has 8 nitrogen and oxygen atoms in total. The van der Waals surface area contributed by atoms with E-state index in [1.807, 2.05) is 61.8 Å². The minimum Gasteiger partial charge on any atom is -0.340 e.